The van der Waals surface area contributed by atoms with E-state index < -0.39 is 0 Å². The Bertz CT molecular complexity index is 557. The molecule has 0 radical (unpaired) electrons. The molecule has 1 N–H and O–H groups in total. The third-order valence-electron chi connectivity index (χ3n) is 2.47. The minimum absolute atomic E-state index is 0.0645. The summed E-state index contributed by atoms with van der Waals surface area (Å²) >= 11 is 0. The largest absolute Gasteiger partial charge is 0.360 e. The van der Waals surface area contributed by atoms with Crippen LogP contribution in [-0.4, -0.2) is 10.8 Å². The van der Waals surface area contributed by atoms with Gasteiger partial charge in [0.15, 0.2) is 5.78 Å². The second-order valence-electron chi connectivity index (χ2n) is 3.48. The Morgan fingerprint density at radius 2 is 2.33 bits per heavy atom. The van der Waals surface area contributed by atoms with Crippen molar-refractivity contribution in [2.75, 3.05) is 0 Å². The van der Waals surface area contributed by atoms with Gasteiger partial charge in [-0.2, -0.15) is 0 Å². The zero-order chi connectivity index (χ0) is 10.8. The smallest absolute Gasteiger partial charge is 0.161 e. The van der Waals surface area contributed by atoms with E-state index in [1.54, 1.807) is 6.92 Å². The molecule has 1 heterocycles. The molecule has 1 aromatic heterocycles. The average Bonchev–Trinajstić information content (AvgIpc) is 2.62. The van der Waals surface area contributed by atoms with E-state index in [-0.39, 0.29) is 5.78 Å². The van der Waals surface area contributed by atoms with Gasteiger partial charge in [-0.3, -0.25) is 4.79 Å². The molecule has 0 amide bonds. The number of fused-ring (bicyclic) bond motifs is 1. The first kappa shape index (κ1) is 9.54. The number of carbonyl (C=O) groups is 1. The SMILES string of the molecule is C#CCc1c[nH]c2c(C(C)=O)cccc12. The predicted molar refractivity (Wildman–Crippen MR) is 60.8 cm³/mol. The Morgan fingerprint density at radius 3 is 3.00 bits per heavy atom. The van der Waals surface area contributed by atoms with Gasteiger partial charge in [0, 0.05) is 23.6 Å². The van der Waals surface area contributed by atoms with Gasteiger partial charge in [0.1, 0.15) is 0 Å². The van der Waals surface area contributed by atoms with Gasteiger partial charge in [-0.25, -0.2) is 0 Å². The minimum Gasteiger partial charge on any atom is -0.360 e. The second-order valence-corrected chi connectivity index (χ2v) is 3.48. The molecule has 2 nitrogen and oxygen atoms in total. The van der Waals surface area contributed by atoms with Crippen molar-refractivity contribution in [3.8, 4) is 12.3 Å². The number of benzene rings is 1. The van der Waals surface area contributed by atoms with Gasteiger partial charge >= 0.3 is 0 Å². The second kappa shape index (κ2) is 3.62. The number of terminal acetylenes is 1. The van der Waals surface area contributed by atoms with E-state index in [1.807, 2.05) is 24.4 Å². The number of aromatic nitrogens is 1. The molecule has 2 heteroatoms. The Morgan fingerprint density at radius 1 is 1.53 bits per heavy atom. The number of Topliss-reactive ketones (excluding diaryl/α,β-unsaturated/α-hetero) is 1. The number of carbonyl (C=O) groups excluding carboxylic acids is 1. The zero-order valence-corrected chi connectivity index (χ0v) is 8.50. The van der Waals surface area contributed by atoms with Crippen molar-refractivity contribution in [2.45, 2.75) is 13.3 Å². The molecule has 2 rings (SSSR count). The van der Waals surface area contributed by atoms with Crippen LogP contribution in [0.2, 0.25) is 0 Å². The summed E-state index contributed by atoms with van der Waals surface area (Å²) in [6, 6.07) is 5.68. The van der Waals surface area contributed by atoms with Crippen LogP contribution in [0, 0.1) is 12.3 Å². The minimum atomic E-state index is 0.0645. The molecular formula is C13H11NO. The van der Waals surface area contributed by atoms with Crippen LogP contribution in [0.3, 0.4) is 0 Å². The lowest BCUT2D eigenvalue weighted by Crippen LogP contribution is -1.92. The van der Waals surface area contributed by atoms with Gasteiger partial charge in [0.2, 0.25) is 0 Å². The highest BCUT2D eigenvalue weighted by atomic mass is 16.1. The molecule has 0 spiro atoms. The van der Waals surface area contributed by atoms with Gasteiger partial charge in [0.05, 0.1) is 5.52 Å². The predicted octanol–water partition coefficient (Wildman–Crippen LogP) is 2.55. The molecule has 1 aromatic carbocycles. The van der Waals surface area contributed by atoms with Gasteiger partial charge in [-0.1, -0.05) is 12.1 Å². The summed E-state index contributed by atoms with van der Waals surface area (Å²) < 4.78 is 0. The summed E-state index contributed by atoms with van der Waals surface area (Å²) in [5.41, 5.74) is 2.67. The van der Waals surface area contributed by atoms with E-state index in [0.717, 1.165) is 22.0 Å². The molecular weight excluding hydrogens is 186 g/mol. The van der Waals surface area contributed by atoms with Crippen LogP contribution < -0.4 is 0 Å². The molecule has 0 aliphatic rings. The van der Waals surface area contributed by atoms with E-state index in [2.05, 4.69) is 10.9 Å². The standard InChI is InChI=1S/C13H11NO/c1-3-5-10-8-14-13-11(9(2)15)6-4-7-12(10)13/h1,4,6-8,14H,5H2,2H3. The van der Waals surface area contributed by atoms with E-state index in [1.165, 1.54) is 0 Å². The van der Waals surface area contributed by atoms with Crippen LogP contribution in [0.4, 0.5) is 0 Å². The lowest BCUT2D eigenvalue weighted by Gasteiger charge is -1.98. The fourth-order valence-corrected chi connectivity index (χ4v) is 1.76. The Balaban J connectivity index is 2.70. The third kappa shape index (κ3) is 1.53. The highest BCUT2D eigenvalue weighted by Crippen LogP contribution is 2.22. The van der Waals surface area contributed by atoms with Crippen LogP contribution >= 0.6 is 0 Å². The van der Waals surface area contributed by atoms with E-state index in [4.69, 9.17) is 6.42 Å². The van der Waals surface area contributed by atoms with Gasteiger partial charge in [-0.15, -0.1) is 12.3 Å². The normalized spacial score (nSPS) is 10.1. The number of rotatable bonds is 2. The summed E-state index contributed by atoms with van der Waals surface area (Å²) in [6.45, 7) is 1.57. The molecule has 2 aromatic rings. The quantitative estimate of drug-likeness (QED) is 0.582. The molecule has 15 heavy (non-hydrogen) atoms. The van der Waals surface area contributed by atoms with Crippen molar-refractivity contribution in [1.29, 1.82) is 0 Å². The summed E-state index contributed by atoms with van der Waals surface area (Å²) in [7, 11) is 0. The number of hydrogen-bond acceptors (Lipinski definition) is 1. The fraction of sp³-hybridized carbons (Fsp3) is 0.154. The summed E-state index contributed by atoms with van der Waals surface area (Å²) in [6.07, 6.45) is 7.73. The Hall–Kier alpha value is -2.01. The van der Waals surface area contributed by atoms with Gasteiger partial charge in [-0.05, 0) is 18.6 Å². The van der Waals surface area contributed by atoms with E-state index >= 15 is 0 Å². The monoisotopic (exact) mass is 197 g/mol. The maximum absolute atomic E-state index is 11.4. The van der Waals surface area contributed by atoms with E-state index in [0.29, 0.717) is 6.42 Å². The number of ketones is 1. The van der Waals surface area contributed by atoms with Crippen LogP contribution in [0.25, 0.3) is 10.9 Å². The molecule has 0 saturated heterocycles. The number of H-pyrrole nitrogens is 1. The topological polar surface area (TPSA) is 32.9 Å². The summed E-state index contributed by atoms with van der Waals surface area (Å²) in [4.78, 5) is 14.5. The maximum Gasteiger partial charge on any atom is 0.161 e. The average molecular weight is 197 g/mol. The van der Waals surface area contributed by atoms with Crippen molar-refractivity contribution in [1.82, 2.24) is 4.98 Å². The summed E-state index contributed by atoms with van der Waals surface area (Å²) in [5.74, 6) is 2.67. The molecule has 0 unspecified atom stereocenters. The number of aromatic amines is 1. The Labute approximate surface area is 88.3 Å². The van der Waals surface area contributed by atoms with Crippen molar-refractivity contribution in [3.05, 3.63) is 35.5 Å². The van der Waals surface area contributed by atoms with Crippen molar-refractivity contribution in [3.63, 3.8) is 0 Å². The number of nitrogens with one attached hydrogen (secondary N) is 1. The lowest BCUT2D eigenvalue weighted by atomic mass is 10.1. The molecule has 0 atom stereocenters. The first-order valence-electron chi connectivity index (χ1n) is 4.77. The Kier molecular flexibility index (Phi) is 2.31. The van der Waals surface area contributed by atoms with Crippen molar-refractivity contribution >= 4 is 16.7 Å². The van der Waals surface area contributed by atoms with Crippen molar-refractivity contribution < 1.29 is 4.79 Å². The van der Waals surface area contributed by atoms with Crippen LogP contribution in [0.15, 0.2) is 24.4 Å². The van der Waals surface area contributed by atoms with Gasteiger partial charge < -0.3 is 4.98 Å². The first-order chi connectivity index (χ1) is 7.24. The molecule has 0 aliphatic carbocycles. The van der Waals surface area contributed by atoms with Gasteiger partial charge in [0.25, 0.3) is 0 Å². The maximum atomic E-state index is 11.4. The van der Waals surface area contributed by atoms with Crippen LogP contribution in [0.1, 0.15) is 22.8 Å². The number of para-hydroxylation sites is 1. The summed E-state index contributed by atoms with van der Waals surface area (Å²) in [5, 5.41) is 1.04. The van der Waals surface area contributed by atoms with Crippen LogP contribution in [-0.2, 0) is 6.42 Å². The fourth-order valence-electron chi connectivity index (χ4n) is 1.76. The third-order valence-corrected chi connectivity index (χ3v) is 2.47. The first-order valence-corrected chi connectivity index (χ1v) is 4.77. The number of hydrogen-bond donors (Lipinski definition) is 1. The molecule has 0 bridgehead atoms. The molecule has 0 saturated carbocycles. The highest BCUT2D eigenvalue weighted by molar-refractivity contribution is 6.06. The highest BCUT2D eigenvalue weighted by Gasteiger charge is 2.08. The lowest BCUT2D eigenvalue weighted by molar-refractivity contribution is 0.101. The molecule has 0 aliphatic heterocycles. The van der Waals surface area contributed by atoms with E-state index in [9.17, 15) is 4.79 Å². The van der Waals surface area contributed by atoms with Crippen LogP contribution in [0.5, 0.6) is 0 Å². The van der Waals surface area contributed by atoms with Crippen molar-refractivity contribution in [2.24, 2.45) is 0 Å². The zero-order valence-electron chi connectivity index (χ0n) is 8.50. The molecule has 0 fully saturated rings. The molecule has 74 valence electrons.